The average molecular weight is 284 g/mol. The van der Waals surface area contributed by atoms with Crippen LogP contribution in [0.2, 0.25) is 0 Å². The Bertz CT molecular complexity index is 545. The second-order valence-electron chi connectivity index (χ2n) is 5.59. The molecule has 1 rings (SSSR count). The first-order valence-corrected chi connectivity index (χ1v) is 8.35. The summed E-state index contributed by atoms with van der Waals surface area (Å²) in [7, 11) is -3.98. The van der Waals surface area contributed by atoms with Crippen LogP contribution in [0.4, 0.5) is 0 Å². The molecule has 1 N–H and O–H groups in total. The van der Waals surface area contributed by atoms with E-state index in [-0.39, 0.29) is 5.75 Å². The summed E-state index contributed by atoms with van der Waals surface area (Å²) >= 11 is 0. The molecule has 4 heteroatoms. The minimum atomic E-state index is -3.98. The lowest BCUT2D eigenvalue weighted by Gasteiger charge is -2.20. The Kier molecular flexibility index (Phi) is 5.16. The van der Waals surface area contributed by atoms with Gasteiger partial charge in [-0.15, -0.1) is 0 Å². The monoisotopic (exact) mass is 284 g/mol. The van der Waals surface area contributed by atoms with E-state index in [0.717, 1.165) is 12.0 Å². The van der Waals surface area contributed by atoms with Gasteiger partial charge in [0, 0.05) is 0 Å². The van der Waals surface area contributed by atoms with Gasteiger partial charge in [-0.1, -0.05) is 39.8 Å². The summed E-state index contributed by atoms with van der Waals surface area (Å²) in [5.41, 5.74) is 4.26. The van der Waals surface area contributed by atoms with Crippen molar-refractivity contribution < 1.29 is 13.0 Å². The van der Waals surface area contributed by atoms with Crippen LogP contribution in [-0.4, -0.2) is 13.0 Å². The largest absolute Gasteiger partial charge is 0.285 e. The smallest absolute Gasteiger partial charge is 0.269 e. The van der Waals surface area contributed by atoms with Crippen molar-refractivity contribution in [2.75, 3.05) is 0 Å². The predicted octanol–water partition coefficient (Wildman–Crippen LogP) is 4.02. The fraction of sp³-hybridized carbons (Fsp3) is 0.600. The summed E-state index contributed by atoms with van der Waals surface area (Å²) in [5.74, 6) is 0.416. The van der Waals surface area contributed by atoms with E-state index in [0.29, 0.717) is 17.4 Å². The summed E-state index contributed by atoms with van der Waals surface area (Å²) < 4.78 is 31.2. The molecule has 1 atom stereocenters. The van der Waals surface area contributed by atoms with Gasteiger partial charge in [0.15, 0.2) is 0 Å². The van der Waals surface area contributed by atoms with Crippen molar-refractivity contribution in [2.45, 2.75) is 58.6 Å². The van der Waals surface area contributed by atoms with E-state index in [1.807, 2.05) is 12.1 Å². The summed E-state index contributed by atoms with van der Waals surface area (Å²) in [6, 6.07) is 3.82. The molecule has 0 saturated heterocycles. The molecule has 19 heavy (non-hydrogen) atoms. The highest BCUT2D eigenvalue weighted by atomic mass is 32.2. The average Bonchev–Trinajstić information content (AvgIpc) is 2.27. The third-order valence-electron chi connectivity index (χ3n) is 3.66. The molecule has 108 valence electrons. The van der Waals surface area contributed by atoms with Crippen molar-refractivity contribution in [3.8, 4) is 0 Å². The molecule has 1 aromatic rings. The van der Waals surface area contributed by atoms with Gasteiger partial charge in [-0.2, -0.15) is 8.42 Å². The van der Waals surface area contributed by atoms with Crippen molar-refractivity contribution in [3.63, 3.8) is 0 Å². The molecule has 0 aliphatic heterocycles. The Labute approximate surface area is 116 Å². The van der Waals surface area contributed by atoms with Gasteiger partial charge in [0.2, 0.25) is 0 Å². The van der Waals surface area contributed by atoms with Gasteiger partial charge in [-0.3, -0.25) is 4.55 Å². The van der Waals surface area contributed by atoms with E-state index in [4.69, 9.17) is 4.55 Å². The van der Waals surface area contributed by atoms with Crippen molar-refractivity contribution in [2.24, 2.45) is 0 Å². The number of rotatable bonds is 5. The zero-order valence-corrected chi connectivity index (χ0v) is 13.2. The van der Waals surface area contributed by atoms with E-state index >= 15 is 0 Å². The van der Waals surface area contributed by atoms with Gasteiger partial charge in [0.25, 0.3) is 10.1 Å². The Hall–Kier alpha value is -0.870. The normalized spacial score (nSPS) is 13.8. The number of hydrogen-bond donors (Lipinski definition) is 1. The molecule has 0 spiro atoms. The fourth-order valence-corrected chi connectivity index (χ4v) is 3.04. The Morgan fingerprint density at radius 1 is 1.16 bits per heavy atom. The molecule has 0 aliphatic rings. The van der Waals surface area contributed by atoms with Gasteiger partial charge < -0.3 is 0 Å². The lowest BCUT2D eigenvalue weighted by Crippen LogP contribution is -2.07. The number of hydrogen-bond acceptors (Lipinski definition) is 2. The number of benzene rings is 1. The molecule has 1 unspecified atom stereocenters. The summed E-state index contributed by atoms with van der Waals surface area (Å²) in [6.07, 6.45) is 1.01. The molecular weight excluding hydrogens is 260 g/mol. The molecule has 0 fully saturated rings. The minimum Gasteiger partial charge on any atom is -0.285 e. The first kappa shape index (κ1) is 16.2. The minimum absolute atomic E-state index is 0.309. The van der Waals surface area contributed by atoms with Crippen LogP contribution in [0.3, 0.4) is 0 Å². The van der Waals surface area contributed by atoms with Crippen LogP contribution in [0.1, 0.15) is 68.2 Å². The maximum absolute atomic E-state index is 11.1. The molecule has 0 aliphatic carbocycles. The van der Waals surface area contributed by atoms with Crippen molar-refractivity contribution in [1.82, 2.24) is 0 Å². The predicted molar refractivity (Wildman–Crippen MR) is 79.2 cm³/mol. The maximum atomic E-state index is 11.1. The van der Waals surface area contributed by atoms with Crippen LogP contribution in [0.25, 0.3) is 0 Å². The van der Waals surface area contributed by atoms with Crippen LogP contribution < -0.4 is 0 Å². The SMILES string of the molecule is CCC(C)c1cc(CS(=O)(=O)O)cc(C(C)C)c1C. The van der Waals surface area contributed by atoms with Gasteiger partial charge in [0.05, 0.1) is 0 Å². The van der Waals surface area contributed by atoms with Gasteiger partial charge in [0.1, 0.15) is 5.75 Å². The maximum Gasteiger partial charge on any atom is 0.269 e. The second-order valence-corrected chi connectivity index (χ2v) is 7.04. The third-order valence-corrected chi connectivity index (χ3v) is 4.36. The quantitative estimate of drug-likeness (QED) is 0.831. The van der Waals surface area contributed by atoms with E-state index < -0.39 is 10.1 Å². The lowest BCUT2D eigenvalue weighted by molar-refractivity contribution is 0.482. The van der Waals surface area contributed by atoms with Gasteiger partial charge in [-0.25, -0.2) is 0 Å². The first-order chi connectivity index (χ1) is 8.65. The standard InChI is InChI=1S/C15H24O3S/c1-6-11(4)15-8-13(9-19(16,17)18)7-14(10(2)3)12(15)5/h7-8,10-11H,6,9H2,1-5H3,(H,16,17,18). The molecule has 1 aromatic carbocycles. The Balaban J connectivity index is 3.39. The summed E-state index contributed by atoms with van der Waals surface area (Å²) in [6.45, 7) is 10.5. The van der Waals surface area contributed by atoms with Crippen molar-refractivity contribution in [1.29, 1.82) is 0 Å². The van der Waals surface area contributed by atoms with Crippen molar-refractivity contribution in [3.05, 3.63) is 34.4 Å². The zero-order chi connectivity index (χ0) is 14.8. The van der Waals surface area contributed by atoms with Gasteiger partial charge in [-0.05, 0) is 47.4 Å². The van der Waals surface area contributed by atoms with E-state index in [9.17, 15) is 8.42 Å². The Morgan fingerprint density at radius 3 is 2.11 bits per heavy atom. The summed E-state index contributed by atoms with van der Waals surface area (Å²) in [4.78, 5) is 0. The molecular formula is C15H24O3S. The lowest BCUT2D eigenvalue weighted by atomic mass is 9.86. The van der Waals surface area contributed by atoms with E-state index in [2.05, 4.69) is 34.6 Å². The molecule has 0 aromatic heterocycles. The van der Waals surface area contributed by atoms with Crippen LogP contribution >= 0.6 is 0 Å². The highest BCUT2D eigenvalue weighted by Crippen LogP contribution is 2.30. The summed E-state index contributed by atoms with van der Waals surface area (Å²) in [5, 5.41) is 0. The van der Waals surface area contributed by atoms with E-state index in [1.165, 1.54) is 11.1 Å². The second kappa shape index (κ2) is 6.06. The van der Waals surface area contributed by atoms with Crippen molar-refractivity contribution >= 4 is 10.1 Å². The van der Waals surface area contributed by atoms with Crippen LogP contribution in [0.15, 0.2) is 12.1 Å². The first-order valence-electron chi connectivity index (χ1n) is 6.74. The molecule has 0 bridgehead atoms. The molecule has 0 heterocycles. The van der Waals surface area contributed by atoms with Crippen LogP contribution in [-0.2, 0) is 15.9 Å². The third kappa shape index (κ3) is 4.32. The topological polar surface area (TPSA) is 54.4 Å². The molecule has 3 nitrogen and oxygen atoms in total. The highest BCUT2D eigenvalue weighted by molar-refractivity contribution is 7.85. The highest BCUT2D eigenvalue weighted by Gasteiger charge is 2.16. The molecule has 0 radical (unpaired) electrons. The zero-order valence-electron chi connectivity index (χ0n) is 12.4. The molecule has 0 saturated carbocycles. The molecule has 0 amide bonds. The van der Waals surface area contributed by atoms with Crippen LogP contribution in [0.5, 0.6) is 0 Å². The van der Waals surface area contributed by atoms with E-state index in [1.54, 1.807) is 0 Å². The fourth-order valence-electron chi connectivity index (χ4n) is 2.45. The van der Waals surface area contributed by atoms with Gasteiger partial charge >= 0.3 is 0 Å². The Morgan fingerprint density at radius 2 is 1.68 bits per heavy atom. The van der Waals surface area contributed by atoms with Crippen LogP contribution in [0, 0.1) is 6.92 Å².